The van der Waals surface area contributed by atoms with Crippen LogP contribution in [0, 0.1) is 6.92 Å². The van der Waals surface area contributed by atoms with E-state index in [-0.39, 0.29) is 5.91 Å². The normalized spacial score (nSPS) is 10.8. The first-order valence-electron chi connectivity index (χ1n) is 9.46. The van der Waals surface area contributed by atoms with Gasteiger partial charge in [0.1, 0.15) is 18.1 Å². The molecule has 0 unspecified atom stereocenters. The van der Waals surface area contributed by atoms with E-state index in [4.69, 9.17) is 9.72 Å². The molecule has 154 valence electrons. The van der Waals surface area contributed by atoms with Crippen LogP contribution in [0.4, 0.5) is 0 Å². The minimum Gasteiger partial charge on any atom is -0.492 e. The molecule has 0 fully saturated rings. The number of rotatable bonds is 9. The van der Waals surface area contributed by atoms with E-state index in [1.54, 1.807) is 22.7 Å². The molecule has 0 bridgehead atoms. The molecule has 0 saturated heterocycles. The molecule has 0 aliphatic heterocycles. The number of thioether (sulfide) groups is 1. The Labute approximate surface area is 187 Å². The van der Waals surface area contributed by atoms with E-state index in [0.29, 0.717) is 18.9 Å². The van der Waals surface area contributed by atoms with Crippen molar-refractivity contribution >= 4 is 40.3 Å². The van der Waals surface area contributed by atoms with Gasteiger partial charge in [0.25, 0.3) is 0 Å². The van der Waals surface area contributed by atoms with Crippen LogP contribution in [0.1, 0.15) is 5.56 Å². The Balaban J connectivity index is 1.30. The molecular weight excluding hydrogens is 434 g/mol. The highest BCUT2D eigenvalue weighted by Crippen LogP contribution is 2.36. The van der Waals surface area contributed by atoms with Crippen molar-refractivity contribution < 1.29 is 9.53 Å². The molecule has 2 N–H and O–H groups in total. The summed E-state index contributed by atoms with van der Waals surface area (Å²) in [6.07, 6.45) is 0. The predicted octanol–water partition coefficient (Wildman–Crippen LogP) is 5.46. The second-order valence-electron chi connectivity index (χ2n) is 6.52. The lowest BCUT2D eigenvalue weighted by atomic mass is 10.2. The van der Waals surface area contributed by atoms with Gasteiger partial charge in [-0.25, -0.2) is 4.98 Å². The smallest absolute Gasteiger partial charge is 0.230 e. The number of H-pyrrole nitrogens is 1. The van der Waals surface area contributed by atoms with Gasteiger partial charge in [0, 0.05) is 0 Å². The summed E-state index contributed by atoms with van der Waals surface area (Å²) < 4.78 is 5.66. The van der Waals surface area contributed by atoms with Gasteiger partial charge < -0.3 is 15.0 Å². The fourth-order valence-corrected chi connectivity index (χ4v) is 5.01. The Bertz CT molecular complexity index is 1040. The quantitative estimate of drug-likeness (QED) is 0.260. The van der Waals surface area contributed by atoms with Crippen LogP contribution in [0.5, 0.6) is 5.75 Å². The average molecular weight is 456 g/mol. The van der Waals surface area contributed by atoms with Crippen LogP contribution in [-0.4, -0.2) is 34.8 Å². The summed E-state index contributed by atoms with van der Waals surface area (Å²) in [4.78, 5) is 22.6. The summed E-state index contributed by atoms with van der Waals surface area (Å²) in [6, 6.07) is 16.1. The molecular formula is C22H21N3O2S3. The number of aromatic amines is 1. The summed E-state index contributed by atoms with van der Waals surface area (Å²) in [7, 11) is 0. The first kappa shape index (κ1) is 20.7. The van der Waals surface area contributed by atoms with Gasteiger partial charge in [0.05, 0.1) is 27.7 Å². The summed E-state index contributed by atoms with van der Waals surface area (Å²) in [6.45, 7) is 2.92. The van der Waals surface area contributed by atoms with E-state index in [1.807, 2.05) is 54.1 Å². The van der Waals surface area contributed by atoms with Crippen LogP contribution in [0.25, 0.3) is 21.1 Å². The molecule has 0 aliphatic carbocycles. The van der Waals surface area contributed by atoms with Gasteiger partial charge >= 0.3 is 0 Å². The number of amides is 1. The van der Waals surface area contributed by atoms with E-state index in [9.17, 15) is 4.79 Å². The van der Waals surface area contributed by atoms with Gasteiger partial charge in [-0.1, -0.05) is 36.0 Å². The molecule has 1 amide bonds. The Hall–Kier alpha value is -2.55. The highest BCUT2D eigenvalue weighted by atomic mass is 32.2. The number of nitrogens with zero attached hydrogens (tertiary/aromatic N) is 1. The standard InChI is InChI=1S/C22H21N3O2S3/c1-15-5-2-6-16(13-15)27-10-9-23-19(26)14-30-22-24-20(17-7-3-11-28-17)21(25-22)18-8-4-12-29-18/h2-8,11-13H,9-10,14H2,1H3,(H,23,26)(H,24,25). The number of benzene rings is 1. The maximum atomic E-state index is 12.2. The summed E-state index contributed by atoms with van der Waals surface area (Å²) in [5.74, 6) is 1.07. The molecule has 0 saturated carbocycles. The highest BCUT2D eigenvalue weighted by Gasteiger charge is 2.16. The number of thiophene rings is 2. The lowest BCUT2D eigenvalue weighted by Gasteiger charge is -2.08. The van der Waals surface area contributed by atoms with Crippen molar-refractivity contribution in [3.05, 3.63) is 64.9 Å². The molecule has 0 atom stereocenters. The fraction of sp³-hybridized carbons (Fsp3) is 0.182. The lowest BCUT2D eigenvalue weighted by Crippen LogP contribution is -2.29. The van der Waals surface area contributed by atoms with Gasteiger partial charge in [0.15, 0.2) is 5.16 Å². The van der Waals surface area contributed by atoms with E-state index >= 15 is 0 Å². The number of carbonyl (C=O) groups excluding carboxylic acids is 1. The number of imidazole rings is 1. The molecule has 4 rings (SSSR count). The third kappa shape index (κ3) is 5.33. The highest BCUT2D eigenvalue weighted by molar-refractivity contribution is 7.99. The van der Waals surface area contributed by atoms with Crippen molar-refractivity contribution in [3.63, 3.8) is 0 Å². The Morgan fingerprint density at radius 2 is 1.93 bits per heavy atom. The van der Waals surface area contributed by atoms with Crippen LogP contribution in [0.15, 0.2) is 64.4 Å². The third-order valence-electron chi connectivity index (χ3n) is 4.23. The third-order valence-corrected chi connectivity index (χ3v) is 6.86. The first-order valence-corrected chi connectivity index (χ1v) is 12.2. The summed E-state index contributed by atoms with van der Waals surface area (Å²) >= 11 is 4.73. The van der Waals surface area contributed by atoms with E-state index < -0.39 is 0 Å². The zero-order chi connectivity index (χ0) is 20.8. The maximum absolute atomic E-state index is 12.2. The van der Waals surface area contributed by atoms with Crippen LogP contribution < -0.4 is 10.1 Å². The minimum absolute atomic E-state index is 0.0420. The maximum Gasteiger partial charge on any atom is 0.230 e. The van der Waals surface area contributed by atoms with Crippen molar-refractivity contribution in [1.29, 1.82) is 0 Å². The second kappa shape index (κ2) is 9.97. The van der Waals surface area contributed by atoms with Crippen LogP contribution in [0.2, 0.25) is 0 Å². The fourth-order valence-electron chi connectivity index (χ4n) is 2.86. The second-order valence-corrected chi connectivity index (χ2v) is 9.38. The minimum atomic E-state index is -0.0420. The molecule has 1 aromatic carbocycles. The van der Waals surface area contributed by atoms with Gasteiger partial charge in [-0.3, -0.25) is 4.79 Å². The Morgan fingerprint density at radius 1 is 1.13 bits per heavy atom. The number of hydrogen-bond acceptors (Lipinski definition) is 6. The topological polar surface area (TPSA) is 67.0 Å². The molecule has 0 spiro atoms. The summed E-state index contributed by atoms with van der Waals surface area (Å²) in [5.41, 5.74) is 3.08. The molecule has 4 aromatic rings. The van der Waals surface area contributed by atoms with Crippen LogP contribution >= 0.6 is 34.4 Å². The van der Waals surface area contributed by atoms with Crippen molar-refractivity contribution in [1.82, 2.24) is 15.3 Å². The number of nitrogens with one attached hydrogen (secondary N) is 2. The van der Waals surface area contributed by atoms with Gasteiger partial charge in [-0.05, 0) is 47.5 Å². The van der Waals surface area contributed by atoms with E-state index in [1.165, 1.54) is 11.8 Å². The average Bonchev–Trinajstić information content (AvgIpc) is 3.50. The largest absolute Gasteiger partial charge is 0.492 e. The van der Waals surface area contributed by atoms with Crippen molar-refractivity contribution in [3.8, 4) is 26.9 Å². The van der Waals surface area contributed by atoms with Crippen molar-refractivity contribution in [2.45, 2.75) is 12.1 Å². The number of aromatic nitrogens is 2. The molecule has 30 heavy (non-hydrogen) atoms. The molecule has 8 heteroatoms. The Morgan fingerprint density at radius 3 is 2.67 bits per heavy atom. The number of hydrogen-bond donors (Lipinski definition) is 2. The molecule has 0 radical (unpaired) electrons. The first-order chi connectivity index (χ1) is 14.7. The number of ether oxygens (including phenoxy) is 1. The predicted molar refractivity (Wildman–Crippen MR) is 126 cm³/mol. The van der Waals surface area contributed by atoms with Crippen molar-refractivity contribution in [2.24, 2.45) is 0 Å². The number of carbonyl (C=O) groups is 1. The zero-order valence-corrected chi connectivity index (χ0v) is 18.8. The van der Waals surface area contributed by atoms with Crippen LogP contribution in [0.3, 0.4) is 0 Å². The molecule has 3 aromatic heterocycles. The molecule has 3 heterocycles. The van der Waals surface area contributed by atoms with Gasteiger partial charge in [-0.2, -0.15) is 0 Å². The zero-order valence-electron chi connectivity index (χ0n) is 16.4. The number of aryl methyl sites for hydroxylation is 1. The summed E-state index contributed by atoms with van der Waals surface area (Å²) in [5, 5.41) is 7.73. The molecule has 5 nitrogen and oxygen atoms in total. The monoisotopic (exact) mass is 455 g/mol. The van der Waals surface area contributed by atoms with Crippen LogP contribution in [-0.2, 0) is 4.79 Å². The van der Waals surface area contributed by atoms with Gasteiger partial charge in [-0.15, -0.1) is 22.7 Å². The van der Waals surface area contributed by atoms with E-state index in [0.717, 1.165) is 37.6 Å². The molecule has 0 aliphatic rings. The Kier molecular flexibility index (Phi) is 6.88. The van der Waals surface area contributed by atoms with E-state index in [2.05, 4.69) is 22.4 Å². The van der Waals surface area contributed by atoms with Gasteiger partial charge in [0.2, 0.25) is 5.91 Å². The lowest BCUT2D eigenvalue weighted by molar-refractivity contribution is -0.118. The van der Waals surface area contributed by atoms with Crippen molar-refractivity contribution in [2.75, 3.05) is 18.9 Å². The SMILES string of the molecule is Cc1cccc(OCCNC(=O)CSc2nc(-c3cccs3)c(-c3cccs3)[nH]2)c1.